The second-order valence-corrected chi connectivity index (χ2v) is 5.19. The molecule has 1 fully saturated rings. The van der Waals surface area contributed by atoms with E-state index in [4.69, 9.17) is 4.74 Å². The van der Waals surface area contributed by atoms with E-state index < -0.39 is 0 Å². The van der Waals surface area contributed by atoms with Gasteiger partial charge in [0.15, 0.2) is 0 Å². The third kappa shape index (κ3) is 3.82. The number of carbonyl (C=O) groups excluding carboxylic acids is 2. The third-order valence-electron chi connectivity index (χ3n) is 3.65. The molecule has 0 radical (unpaired) electrons. The summed E-state index contributed by atoms with van der Waals surface area (Å²) in [6, 6.07) is 7.49. The molecule has 1 heterocycles. The van der Waals surface area contributed by atoms with Crippen LogP contribution in [0, 0.1) is 0 Å². The zero-order valence-electron chi connectivity index (χ0n) is 12.6. The summed E-state index contributed by atoms with van der Waals surface area (Å²) >= 11 is 0. The SMILES string of the molecule is CCCN1C(=O)CC(NCCc2ccc(OC)cc2)C1=O. The zero-order valence-corrected chi connectivity index (χ0v) is 12.6. The fraction of sp³-hybridized carbons (Fsp3) is 0.500. The lowest BCUT2D eigenvalue weighted by molar-refractivity contribution is -0.138. The molecular weight excluding hydrogens is 268 g/mol. The van der Waals surface area contributed by atoms with Gasteiger partial charge in [-0.25, -0.2) is 0 Å². The largest absolute Gasteiger partial charge is 0.497 e. The monoisotopic (exact) mass is 290 g/mol. The van der Waals surface area contributed by atoms with E-state index in [-0.39, 0.29) is 24.3 Å². The Morgan fingerprint density at radius 2 is 2.00 bits per heavy atom. The van der Waals surface area contributed by atoms with Crippen molar-refractivity contribution in [2.45, 2.75) is 32.2 Å². The van der Waals surface area contributed by atoms with Crippen LogP contribution in [0.3, 0.4) is 0 Å². The molecule has 1 aliphatic heterocycles. The van der Waals surface area contributed by atoms with E-state index in [1.54, 1.807) is 7.11 Å². The standard InChI is InChI=1S/C16H22N2O3/c1-3-10-18-15(19)11-14(16(18)20)17-9-8-12-4-6-13(21-2)7-5-12/h4-7,14,17H,3,8-11H2,1-2H3. The number of imide groups is 1. The van der Waals surface area contributed by atoms with E-state index in [9.17, 15) is 9.59 Å². The number of methoxy groups -OCH3 is 1. The Kier molecular flexibility index (Phi) is 5.33. The molecule has 0 bridgehead atoms. The lowest BCUT2D eigenvalue weighted by atomic mass is 10.1. The summed E-state index contributed by atoms with van der Waals surface area (Å²) in [4.78, 5) is 25.2. The third-order valence-corrected chi connectivity index (χ3v) is 3.65. The molecule has 5 heteroatoms. The normalized spacial score (nSPS) is 18.4. The van der Waals surface area contributed by atoms with Crippen LogP contribution in [0.1, 0.15) is 25.3 Å². The molecule has 5 nitrogen and oxygen atoms in total. The summed E-state index contributed by atoms with van der Waals surface area (Å²) in [5.41, 5.74) is 1.17. The summed E-state index contributed by atoms with van der Waals surface area (Å²) in [7, 11) is 1.64. The van der Waals surface area contributed by atoms with Gasteiger partial charge in [0, 0.05) is 6.54 Å². The van der Waals surface area contributed by atoms with Crippen LogP contribution in [0.2, 0.25) is 0 Å². The minimum Gasteiger partial charge on any atom is -0.497 e. The topological polar surface area (TPSA) is 58.6 Å². The minimum atomic E-state index is -0.359. The molecular formula is C16H22N2O3. The van der Waals surface area contributed by atoms with Crippen LogP contribution in [0.5, 0.6) is 5.75 Å². The van der Waals surface area contributed by atoms with Crippen molar-refractivity contribution in [2.75, 3.05) is 20.2 Å². The van der Waals surface area contributed by atoms with E-state index in [0.717, 1.165) is 18.6 Å². The Morgan fingerprint density at radius 1 is 1.29 bits per heavy atom. The number of benzene rings is 1. The molecule has 1 atom stereocenters. The van der Waals surface area contributed by atoms with Gasteiger partial charge in [0.2, 0.25) is 11.8 Å². The van der Waals surface area contributed by atoms with E-state index in [2.05, 4.69) is 5.32 Å². The number of nitrogens with zero attached hydrogens (tertiary/aromatic N) is 1. The molecule has 114 valence electrons. The number of nitrogens with one attached hydrogen (secondary N) is 1. The number of carbonyl (C=O) groups is 2. The highest BCUT2D eigenvalue weighted by Gasteiger charge is 2.37. The van der Waals surface area contributed by atoms with Crippen molar-refractivity contribution < 1.29 is 14.3 Å². The lowest BCUT2D eigenvalue weighted by Gasteiger charge is -2.14. The molecule has 1 saturated heterocycles. The van der Waals surface area contributed by atoms with Crippen molar-refractivity contribution in [1.29, 1.82) is 0 Å². The minimum absolute atomic E-state index is 0.0659. The van der Waals surface area contributed by atoms with E-state index in [1.807, 2.05) is 31.2 Å². The van der Waals surface area contributed by atoms with E-state index >= 15 is 0 Å². The highest BCUT2D eigenvalue weighted by atomic mass is 16.5. The maximum Gasteiger partial charge on any atom is 0.246 e. The van der Waals surface area contributed by atoms with Gasteiger partial charge in [-0.1, -0.05) is 19.1 Å². The fourth-order valence-corrected chi connectivity index (χ4v) is 2.48. The predicted molar refractivity (Wildman–Crippen MR) is 80.1 cm³/mol. The molecule has 0 aliphatic carbocycles. The highest BCUT2D eigenvalue weighted by Crippen LogP contribution is 2.14. The average molecular weight is 290 g/mol. The molecule has 0 saturated carbocycles. The first-order valence-corrected chi connectivity index (χ1v) is 7.36. The Balaban J connectivity index is 1.80. The number of rotatable bonds is 7. The van der Waals surface area contributed by atoms with Crippen molar-refractivity contribution >= 4 is 11.8 Å². The summed E-state index contributed by atoms with van der Waals surface area (Å²) in [5.74, 6) is 0.680. The first-order chi connectivity index (χ1) is 10.2. The Hall–Kier alpha value is -1.88. The summed E-state index contributed by atoms with van der Waals surface area (Å²) in [5, 5.41) is 3.18. The predicted octanol–water partition coefficient (Wildman–Crippen LogP) is 1.36. The summed E-state index contributed by atoms with van der Waals surface area (Å²) in [6.07, 6.45) is 1.90. The maximum absolute atomic E-state index is 12.1. The molecule has 1 aliphatic rings. The zero-order chi connectivity index (χ0) is 15.2. The highest BCUT2D eigenvalue weighted by molar-refractivity contribution is 6.05. The maximum atomic E-state index is 12.1. The average Bonchev–Trinajstić information content (AvgIpc) is 2.76. The Morgan fingerprint density at radius 3 is 2.62 bits per heavy atom. The molecule has 21 heavy (non-hydrogen) atoms. The molecule has 1 aromatic rings. The van der Waals surface area contributed by atoms with Gasteiger partial charge in [-0.05, 0) is 37.1 Å². The lowest BCUT2D eigenvalue weighted by Crippen LogP contribution is -2.39. The van der Waals surface area contributed by atoms with Gasteiger partial charge >= 0.3 is 0 Å². The molecule has 1 aromatic carbocycles. The fourth-order valence-electron chi connectivity index (χ4n) is 2.48. The molecule has 1 unspecified atom stereocenters. The van der Waals surface area contributed by atoms with Crippen molar-refractivity contribution in [3.63, 3.8) is 0 Å². The van der Waals surface area contributed by atoms with E-state index in [0.29, 0.717) is 13.1 Å². The molecule has 0 aromatic heterocycles. The second-order valence-electron chi connectivity index (χ2n) is 5.19. The number of hydrogen-bond donors (Lipinski definition) is 1. The van der Waals surface area contributed by atoms with Gasteiger partial charge < -0.3 is 10.1 Å². The number of ether oxygens (including phenoxy) is 1. The first kappa shape index (κ1) is 15.5. The molecule has 1 N–H and O–H groups in total. The van der Waals surface area contributed by atoms with Gasteiger partial charge in [-0.3, -0.25) is 14.5 Å². The van der Waals surface area contributed by atoms with Gasteiger partial charge in [-0.2, -0.15) is 0 Å². The molecule has 2 rings (SSSR count). The number of likely N-dealkylation sites (tertiary alicyclic amines) is 1. The summed E-state index contributed by atoms with van der Waals surface area (Å²) < 4.78 is 5.11. The van der Waals surface area contributed by atoms with Gasteiger partial charge in [0.25, 0.3) is 0 Å². The van der Waals surface area contributed by atoms with Crippen LogP contribution in [-0.2, 0) is 16.0 Å². The van der Waals surface area contributed by atoms with Gasteiger partial charge in [0.05, 0.1) is 19.6 Å². The van der Waals surface area contributed by atoms with Crippen LogP contribution in [0.4, 0.5) is 0 Å². The van der Waals surface area contributed by atoms with Crippen LogP contribution >= 0.6 is 0 Å². The quantitative estimate of drug-likeness (QED) is 0.771. The van der Waals surface area contributed by atoms with E-state index in [1.165, 1.54) is 10.5 Å². The smallest absolute Gasteiger partial charge is 0.246 e. The Labute approximate surface area is 125 Å². The van der Waals surface area contributed by atoms with Crippen molar-refractivity contribution in [1.82, 2.24) is 10.2 Å². The van der Waals surface area contributed by atoms with Crippen LogP contribution < -0.4 is 10.1 Å². The van der Waals surface area contributed by atoms with Crippen LogP contribution in [0.15, 0.2) is 24.3 Å². The second kappa shape index (κ2) is 7.22. The first-order valence-electron chi connectivity index (χ1n) is 7.36. The van der Waals surface area contributed by atoms with Crippen LogP contribution in [0.25, 0.3) is 0 Å². The van der Waals surface area contributed by atoms with Gasteiger partial charge in [-0.15, -0.1) is 0 Å². The summed E-state index contributed by atoms with van der Waals surface area (Å²) in [6.45, 7) is 3.16. The molecule has 0 spiro atoms. The van der Waals surface area contributed by atoms with Crippen molar-refractivity contribution in [3.8, 4) is 5.75 Å². The van der Waals surface area contributed by atoms with Gasteiger partial charge in [0.1, 0.15) is 5.75 Å². The number of hydrogen-bond acceptors (Lipinski definition) is 4. The van der Waals surface area contributed by atoms with Crippen LogP contribution in [-0.4, -0.2) is 43.0 Å². The Bertz CT molecular complexity index is 499. The number of amides is 2. The van der Waals surface area contributed by atoms with Crippen molar-refractivity contribution in [2.24, 2.45) is 0 Å². The molecule has 2 amide bonds. The van der Waals surface area contributed by atoms with Crippen molar-refractivity contribution in [3.05, 3.63) is 29.8 Å².